The number of likely N-dealkylation sites (tertiary alicyclic amines) is 1. The van der Waals surface area contributed by atoms with E-state index in [4.69, 9.17) is 19.3 Å². The molecule has 9 nitrogen and oxygen atoms in total. The van der Waals surface area contributed by atoms with Crippen molar-refractivity contribution >= 4 is 16.7 Å². The monoisotopic (exact) mass is 490 g/mol. The molecule has 0 amide bonds. The largest absolute Gasteiger partial charge is 0.467 e. The molecule has 1 aromatic carbocycles. The minimum absolute atomic E-state index is 0.295. The third-order valence-corrected chi connectivity index (χ3v) is 8.62. The second kappa shape index (κ2) is 8.97. The molecule has 0 N–H and O–H groups in total. The van der Waals surface area contributed by atoms with Gasteiger partial charge in [-0.2, -0.15) is 15.1 Å². The Balaban J connectivity index is 1.20. The molecule has 4 fully saturated rings. The molecule has 190 valence electrons. The quantitative estimate of drug-likeness (QED) is 0.540. The van der Waals surface area contributed by atoms with Gasteiger partial charge in [0.15, 0.2) is 5.82 Å². The van der Waals surface area contributed by atoms with Crippen molar-refractivity contribution in [3.63, 3.8) is 0 Å². The molecule has 7 rings (SSSR count). The van der Waals surface area contributed by atoms with E-state index in [0.29, 0.717) is 30.1 Å². The summed E-state index contributed by atoms with van der Waals surface area (Å²) in [6, 6.07) is 8.00. The van der Waals surface area contributed by atoms with E-state index in [2.05, 4.69) is 38.8 Å². The van der Waals surface area contributed by atoms with E-state index < -0.39 is 0 Å². The number of anilines is 1. The van der Waals surface area contributed by atoms with Gasteiger partial charge in [0.25, 0.3) is 0 Å². The van der Waals surface area contributed by atoms with Crippen molar-refractivity contribution in [1.29, 1.82) is 0 Å². The maximum atomic E-state index is 5.79. The lowest BCUT2D eigenvalue weighted by atomic mass is 9.86. The summed E-state index contributed by atoms with van der Waals surface area (Å²) in [6.45, 7) is 7.94. The first-order valence-electron chi connectivity index (χ1n) is 13.3. The zero-order valence-electron chi connectivity index (χ0n) is 21.1. The predicted molar refractivity (Wildman–Crippen MR) is 136 cm³/mol. The van der Waals surface area contributed by atoms with Crippen LogP contribution >= 0.6 is 0 Å². The van der Waals surface area contributed by atoms with Crippen molar-refractivity contribution in [1.82, 2.24) is 24.6 Å². The van der Waals surface area contributed by atoms with E-state index in [0.717, 1.165) is 68.4 Å². The highest BCUT2D eigenvalue weighted by atomic mass is 16.5. The van der Waals surface area contributed by atoms with Crippen molar-refractivity contribution in [3.05, 3.63) is 35.5 Å². The van der Waals surface area contributed by atoms with Crippen molar-refractivity contribution in [3.8, 4) is 11.8 Å². The van der Waals surface area contributed by atoms with E-state index in [1.54, 1.807) is 7.11 Å². The average molecular weight is 491 g/mol. The number of hydrogen-bond donors (Lipinski definition) is 0. The lowest BCUT2D eigenvalue weighted by Gasteiger charge is -2.36. The van der Waals surface area contributed by atoms with E-state index in [9.17, 15) is 0 Å². The normalized spacial score (nSPS) is 26.9. The van der Waals surface area contributed by atoms with Gasteiger partial charge in [-0.05, 0) is 74.9 Å². The minimum Gasteiger partial charge on any atom is -0.467 e. The molecular formula is C27H34N6O3. The molecule has 4 saturated heterocycles. The van der Waals surface area contributed by atoms with E-state index in [1.165, 1.54) is 30.4 Å². The summed E-state index contributed by atoms with van der Waals surface area (Å²) in [4.78, 5) is 14.3. The highest BCUT2D eigenvalue weighted by molar-refractivity contribution is 5.82. The Bertz CT molecular complexity index is 1260. The first-order chi connectivity index (χ1) is 17.7. The maximum absolute atomic E-state index is 5.79. The van der Waals surface area contributed by atoms with Gasteiger partial charge in [-0.1, -0.05) is 0 Å². The molecule has 3 aromatic rings. The number of morpholine rings is 1. The summed E-state index contributed by atoms with van der Waals surface area (Å²) in [6.07, 6.45) is 6.83. The third kappa shape index (κ3) is 3.84. The third-order valence-electron chi connectivity index (χ3n) is 8.62. The number of aryl methyl sites for hydroxylation is 1. The molecule has 1 unspecified atom stereocenters. The molecular weight excluding hydrogens is 456 g/mol. The van der Waals surface area contributed by atoms with Crippen LogP contribution in [-0.4, -0.2) is 89.4 Å². The number of benzene rings is 1. The summed E-state index contributed by atoms with van der Waals surface area (Å²) >= 11 is 0. The van der Waals surface area contributed by atoms with Crippen LogP contribution in [0.3, 0.4) is 0 Å². The number of aromatic nitrogens is 4. The fourth-order valence-electron chi connectivity index (χ4n) is 6.64. The van der Waals surface area contributed by atoms with E-state index >= 15 is 0 Å². The van der Waals surface area contributed by atoms with Crippen LogP contribution in [0.1, 0.15) is 42.7 Å². The molecule has 0 radical (unpaired) electrons. The van der Waals surface area contributed by atoms with E-state index in [1.807, 2.05) is 16.9 Å². The fourth-order valence-corrected chi connectivity index (χ4v) is 6.64. The van der Waals surface area contributed by atoms with Gasteiger partial charge < -0.3 is 19.1 Å². The van der Waals surface area contributed by atoms with Gasteiger partial charge in [-0.15, -0.1) is 0 Å². The highest BCUT2D eigenvalue weighted by Gasteiger charge is 2.40. The number of hydrogen-bond acceptors (Lipinski definition) is 8. The number of ether oxygens (including phenoxy) is 3. The molecule has 0 saturated carbocycles. The maximum Gasteiger partial charge on any atom is 0.320 e. The van der Waals surface area contributed by atoms with Gasteiger partial charge >= 0.3 is 6.01 Å². The molecule has 36 heavy (non-hydrogen) atoms. The van der Waals surface area contributed by atoms with Gasteiger partial charge in [0, 0.05) is 30.6 Å². The molecule has 3 atom stereocenters. The lowest BCUT2D eigenvalue weighted by Crippen LogP contribution is -2.41. The Morgan fingerprint density at radius 3 is 2.58 bits per heavy atom. The zero-order chi connectivity index (χ0) is 24.2. The number of nitrogens with zero attached hydrogens (tertiary/aromatic N) is 6. The Morgan fingerprint density at radius 1 is 1.00 bits per heavy atom. The molecule has 2 aromatic heterocycles. The topological polar surface area (TPSA) is 77.8 Å². The number of fused-ring (bicyclic) bond motifs is 3. The van der Waals surface area contributed by atoms with Gasteiger partial charge in [-0.3, -0.25) is 4.90 Å². The first kappa shape index (κ1) is 22.4. The molecule has 0 aliphatic carbocycles. The molecule has 0 spiro atoms. The van der Waals surface area contributed by atoms with Crippen LogP contribution in [0.5, 0.6) is 6.01 Å². The van der Waals surface area contributed by atoms with Crippen molar-refractivity contribution in [2.45, 2.75) is 56.7 Å². The number of methoxy groups -OCH3 is 1. The zero-order valence-corrected chi connectivity index (χ0v) is 21.1. The number of rotatable bonds is 5. The van der Waals surface area contributed by atoms with Crippen LogP contribution in [0, 0.1) is 6.92 Å². The lowest BCUT2D eigenvalue weighted by molar-refractivity contribution is 0.0988. The Kier molecular flexibility index (Phi) is 5.59. The minimum atomic E-state index is 0.295. The van der Waals surface area contributed by atoms with Crippen molar-refractivity contribution in [2.75, 3.05) is 51.5 Å². The fraction of sp³-hybridized carbons (Fsp3) is 0.593. The van der Waals surface area contributed by atoms with E-state index in [-0.39, 0.29) is 0 Å². The standard InChI is InChI=1S/C27H34N6O3/c1-17-9-19-13-28-33(24(19)11-23(17)18-3-6-31(7-4-18)20-5-8-35-15-20)26-12-25(29-27(30-26)34-2)32-14-22-10-21(32)16-36-22/h9,11-13,18,20-22H,3-8,10,14-16H2,1-2H3/t20?,21-,22-/m1/s1. The molecule has 2 bridgehead atoms. The van der Waals surface area contributed by atoms with Crippen molar-refractivity contribution in [2.24, 2.45) is 0 Å². The van der Waals surface area contributed by atoms with Gasteiger partial charge in [-0.25, -0.2) is 4.68 Å². The second-order valence-corrected chi connectivity index (χ2v) is 10.7. The van der Waals surface area contributed by atoms with Gasteiger partial charge in [0.1, 0.15) is 5.82 Å². The summed E-state index contributed by atoms with van der Waals surface area (Å²) in [5, 5.41) is 5.88. The molecule has 4 aliphatic heterocycles. The van der Waals surface area contributed by atoms with Gasteiger partial charge in [0.05, 0.1) is 44.2 Å². The Hall–Kier alpha value is -2.75. The SMILES string of the molecule is COc1nc(N2C[C@H]3C[C@@H]2CO3)cc(-n2ncc3cc(C)c(C4CCN(C5CCOC5)CC4)cc32)n1. The molecule has 6 heterocycles. The summed E-state index contributed by atoms with van der Waals surface area (Å²) < 4.78 is 18.9. The van der Waals surface area contributed by atoms with Crippen LogP contribution in [0.25, 0.3) is 16.7 Å². The second-order valence-electron chi connectivity index (χ2n) is 10.7. The molecule has 9 heteroatoms. The summed E-state index contributed by atoms with van der Waals surface area (Å²) in [7, 11) is 1.62. The summed E-state index contributed by atoms with van der Waals surface area (Å²) in [5.41, 5.74) is 3.86. The van der Waals surface area contributed by atoms with Crippen LogP contribution in [0.15, 0.2) is 24.4 Å². The van der Waals surface area contributed by atoms with Crippen LogP contribution in [0.2, 0.25) is 0 Å². The van der Waals surface area contributed by atoms with Gasteiger partial charge in [0.2, 0.25) is 0 Å². The Morgan fingerprint density at radius 2 is 1.86 bits per heavy atom. The van der Waals surface area contributed by atoms with Crippen LogP contribution in [-0.2, 0) is 9.47 Å². The van der Waals surface area contributed by atoms with Crippen LogP contribution < -0.4 is 9.64 Å². The predicted octanol–water partition coefficient (Wildman–Crippen LogP) is 3.08. The number of piperidine rings is 1. The first-order valence-corrected chi connectivity index (χ1v) is 13.3. The van der Waals surface area contributed by atoms with Crippen LogP contribution in [0.4, 0.5) is 5.82 Å². The highest BCUT2D eigenvalue weighted by Crippen LogP contribution is 2.36. The Labute approximate surface area is 211 Å². The average Bonchev–Trinajstić information content (AvgIpc) is 3.73. The molecule has 4 aliphatic rings. The summed E-state index contributed by atoms with van der Waals surface area (Å²) in [5.74, 6) is 2.18. The van der Waals surface area contributed by atoms with Crippen molar-refractivity contribution < 1.29 is 14.2 Å². The smallest absolute Gasteiger partial charge is 0.320 e.